The number of amides is 1. The SMILES string of the molecule is CC1OCCC1(O)CNC(=O)c1ccc(Cl)nc1Cl. The van der Waals surface area contributed by atoms with Crippen molar-refractivity contribution in [2.45, 2.75) is 25.0 Å². The van der Waals surface area contributed by atoms with Crippen molar-refractivity contribution in [1.29, 1.82) is 0 Å². The molecule has 2 unspecified atom stereocenters. The highest BCUT2D eigenvalue weighted by Gasteiger charge is 2.39. The van der Waals surface area contributed by atoms with E-state index in [4.69, 9.17) is 27.9 Å². The van der Waals surface area contributed by atoms with Crippen LogP contribution in [-0.4, -0.2) is 40.9 Å². The first-order valence-corrected chi connectivity index (χ1v) is 6.62. The van der Waals surface area contributed by atoms with Crippen LogP contribution in [-0.2, 0) is 4.74 Å². The second-order valence-corrected chi connectivity index (χ2v) is 5.27. The minimum absolute atomic E-state index is 0.0349. The average Bonchev–Trinajstić information content (AvgIpc) is 2.67. The number of rotatable bonds is 3. The number of carbonyl (C=O) groups is 1. The fraction of sp³-hybridized carbons (Fsp3) is 0.500. The Bertz CT molecular complexity index is 498. The van der Waals surface area contributed by atoms with Crippen molar-refractivity contribution in [3.05, 3.63) is 28.0 Å². The van der Waals surface area contributed by atoms with Gasteiger partial charge >= 0.3 is 0 Å². The third-order valence-electron chi connectivity index (χ3n) is 3.27. The molecule has 1 aromatic heterocycles. The van der Waals surface area contributed by atoms with Crippen LogP contribution < -0.4 is 5.32 Å². The van der Waals surface area contributed by atoms with E-state index in [2.05, 4.69) is 10.3 Å². The third kappa shape index (κ3) is 3.17. The number of ether oxygens (including phenoxy) is 1. The van der Waals surface area contributed by atoms with Gasteiger partial charge in [-0.25, -0.2) is 4.98 Å². The molecule has 104 valence electrons. The minimum Gasteiger partial charge on any atom is -0.385 e. The summed E-state index contributed by atoms with van der Waals surface area (Å²) in [6, 6.07) is 2.98. The molecular formula is C12H14Cl2N2O3. The smallest absolute Gasteiger partial charge is 0.254 e. The molecule has 1 aromatic rings. The highest BCUT2D eigenvalue weighted by Crippen LogP contribution is 2.25. The molecule has 0 aromatic carbocycles. The number of carbonyl (C=O) groups excluding carboxylic acids is 1. The number of nitrogens with zero attached hydrogens (tertiary/aromatic N) is 1. The topological polar surface area (TPSA) is 71.5 Å². The lowest BCUT2D eigenvalue weighted by Crippen LogP contribution is -2.47. The molecule has 7 heteroatoms. The molecule has 5 nitrogen and oxygen atoms in total. The number of aromatic nitrogens is 1. The number of halogens is 2. The Labute approximate surface area is 120 Å². The lowest BCUT2D eigenvalue weighted by molar-refractivity contribution is -0.0251. The van der Waals surface area contributed by atoms with E-state index in [0.717, 1.165) is 0 Å². The first kappa shape index (κ1) is 14.5. The van der Waals surface area contributed by atoms with Crippen molar-refractivity contribution in [3.8, 4) is 0 Å². The van der Waals surface area contributed by atoms with E-state index in [1.54, 1.807) is 6.92 Å². The van der Waals surface area contributed by atoms with E-state index in [1.807, 2.05) is 0 Å². The normalized spacial score (nSPS) is 26.4. The zero-order valence-electron chi connectivity index (χ0n) is 10.3. The summed E-state index contributed by atoms with van der Waals surface area (Å²) in [5.41, 5.74) is -0.816. The van der Waals surface area contributed by atoms with E-state index >= 15 is 0 Å². The van der Waals surface area contributed by atoms with Gasteiger partial charge in [-0.05, 0) is 19.1 Å². The number of aliphatic hydroxyl groups is 1. The lowest BCUT2D eigenvalue weighted by Gasteiger charge is -2.26. The van der Waals surface area contributed by atoms with Gasteiger partial charge < -0.3 is 15.2 Å². The second kappa shape index (κ2) is 5.63. The van der Waals surface area contributed by atoms with E-state index < -0.39 is 11.5 Å². The van der Waals surface area contributed by atoms with Crippen molar-refractivity contribution >= 4 is 29.1 Å². The summed E-state index contributed by atoms with van der Waals surface area (Å²) in [6.45, 7) is 2.36. The van der Waals surface area contributed by atoms with Crippen molar-refractivity contribution < 1.29 is 14.6 Å². The molecule has 0 radical (unpaired) electrons. The molecule has 1 aliphatic heterocycles. The van der Waals surface area contributed by atoms with Gasteiger partial charge in [-0.2, -0.15) is 0 Å². The standard InChI is InChI=1S/C12H14Cl2N2O3/c1-7-12(18,4-5-19-7)6-15-11(17)8-2-3-9(13)16-10(8)14/h2-3,7,18H,4-6H2,1H3,(H,15,17). The molecule has 2 N–H and O–H groups in total. The van der Waals surface area contributed by atoms with E-state index in [1.165, 1.54) is 12.1 Å². The quantitative estimate of drug-likeness (QED) is 0.833. The molecule has 0 saturated carbocycles. The van der Waals surface area contributed by atoms with Gasteiger partial charge in [0, 0.05) is 19.6 Å². The van der Waals surface area contributed by atoms with E-state index in [-0.39, 0.29) is 28.5 Å². The van der Waals surface area contributed by atoms with Crippen LogP contribution in [0.15, 0.2) is 12.1 Å². The zero-order valence-corrected chi connectivity index (χ0v) is 11.8. The summed E-state index contributed by atoms with van der Waals surface area (Å²) in [4.78, 5) is 15.7. The first-order valence-electron chi connectivity index (χ1n) is 5.86. The monoisotopic (exact) mass is 304 g/mol. The summed E-state index contributed by atoms with van der Waals surface area (Å²) in [5, 5.41) is 13.2. The van der Waals surface area contributed by atoms with E-state index in [0.29, 0.717) is 13.0 Å². The molecule has 0 bridgehead atoms. The average molecular weight is 305 g/mol. The van der Waals surface area contributed by atoms with Gasteiger partial charge in [-0.1, -0.05) is 23.2 Å². The molecule has 2 rings (SSSR count). The molecule has 1 fully saturated rings. The fourth-order valence-corrected chi connectivity index (χ4v) is 2.34. The largest absolute Gasteiger partial charge is 0.385 e. The first-order chi connectivity index (χ1) is 8.92. The maximum atomic E-state index is 12.0. The Balaban J connectivity index is 2.02. The third-order valence-corrected chi connectivity index (χ3v) is 3.77. The molecule has 1 aliphatic rings. The van der Waals surface area contributed by atoms with Crippen LogP contribution >= 0.6 is 23.2 Å². The van der Waals surface area contributed by atoms with Crippen LogP contribution in [0.25, 0.3) is 0 Å². The zero-order chi connectivity index (χ0) is 14.0. The van der Waals surface area contributed by atoms with Crippen LogP contribution in [0.5, 0.6) is 0 Å². The Kier molecular flexibility index (Phi) is 4.30. The number of hydrogen-bond donors (Lipinski definition) is 2. The van der Waals surface area contributed by atoms with Crippen LogP contribution in [0.1, 0.15) is 23.7 Å². The summed E-state index contributed by atoms with van der Waals surface area (Å²) in [5.74, 6) is -0.401. The molecule has 1 amide bonds. The Morgan fingerprint density at radius 2 is 2.37 bits per heavy atom. The second-order valence-electron chi connectivity index (χ2n) is 4.52. The van der Waals surface area contributed by atoms with Gasteiger partial charge in [-0.15, -0.1) is 0 Å². The Hall–Kier alpha value is -0.880. The predicted molar refractivity (Wildman–Crippen MR) is 71.6 cm³/mol. The van der Waals surface area contributed by atoms with Gasteiger partial charge in [0.2, 0.25) is 0 Å². The van der Waals surface area contributed by atoms with Crippen molar-refractivity contribution in [3.63, 3.8) is 0 Å². The summed E-state index contributed by atoms with van der Waals surface area (Å²) in [6.07, 6.45) is 0.174. The van der Waals surface area contributed by atoms with Crippen molar-refractivity contribution in [1.82, 2.24) is 10.3 Å². The van der Waals surface area contributed by atoms with Crippen LogP contribution in [0.4, 0.5) is 0 Å². The molecule has 1 saturated heterocycles. The van der Waals surface area contributed by atoms with Gasteiger partial charge in [0.15, 0.2) is 0 Å². The number of nitrogens with one attached hydrogen (secondary N) is 1. The molecule has 0 spiro atoms. The van der Waals surface area contributed by atoms with Crippen LogP contribution in [0.2, 0.25) is 10.3 Å². The molecule has 0 aliphatic carbocycles. The summed E-state index contributed by atoms with van der Waals surface area (Å²) < 4.78 is 5.29. The van der Waals surface area contributed by atoms with E-state index in [9.17, 15) is 9.90 Å². The lowest BCUT2D eigenvalue weighted by atomic mass is 9.96. The summed E-state index contributed by atoms with van der Waals surface area (Å²) >= 11 is 11.5. The molecule has 19 heavy (non-hydrogen) atoms. The highest BCUT2D eigenvalue weighted by atomic mass is 35.5. The summed E-state index contributed by atoms with van der Waals surface area (Å²) in [7, 11) is 0. The van der Waals surface area contributed by atoms with Gasteiger partial charge in [-0.3, -0.25) is 4.79 Å². The van der Waals surface area contributed by atoms with Gasteiger partial charge in [0.25, 0.3) is 5.91 Å². The van der Waals surface area contributed by atoms with Gasteiger partial charge in [0.05, 0.1) is 11.7 Å². The molecule has 2 heterocycles. The number of hydrogen-bond acceptors (Lipinski definition) is 4. The van der Waals surface area contributed by atoms with Crippen LogP contribution in [0.3, 0.4) is 0 Å². The number of pyridine rings is 1. The maximum Gasteiger partial charge on any atom is 0.254 e. The van der Waals surface area contributed by atoms with Crippen molar-refractivity contribution in [2.24, 2.45) is 0 Å². The van der Waals surface area contributed by atoms with Crippen molar-refractivity contribution in [2.75, 3.05) is 13.2 Å². The maximum absolute atomic E-state index is 12.0. The highest BCUT2D eigenvalue weighted by molar-refractivity contribution is 6.34. The Morgan fingerprint density at radius 1 is 1.63 bits per heavy atom. The Morgan fingerprint density at radius 3 is 2.95 bits per heavy atom. The fourth-order valence-electron chi connectivity index (χ4n) is 1.91. The minimum atomic E-state index is -1.04. The van der Waals surface area contributed by atoms with Crippen LogP contribution in [0, 0.1) is 0 Å². The molecule has 2 atom stereocenters. The predicted octanol–water partition coefficient (Wildman–Crippen LogP) is 1.66. The van der Waals surface area contributed by atoms with Gasteiger partial charge in [0.1, 0.15) is 15.9 Å². The molecular weight excluding hydrogens is 291 g/mol.